The second-order valence-corrected chi connectivity index (χ2v) is 5.70. The summed E-state index contributed by atoms with van der Waals surface area (Å²) in [6.07, 6.45) is 1.65. The largest absolute Gasteiger partial charge is 0.395 e. The molecule has 1 aliphatic rings. The maximum absolute atomic E-state index is 9.03. The van der Waals surface area contributed by atoms with Crippen LogP contribution in [0.5, 0.6) is 0 Å². The zero-order chi connectivity index (χ0) is 15.2. The minimum Gasteiger partial charge on any atom is -0.395 e. The van der Waals surface area contributed by atoms with Crippen LogP contribution in [0.1, 0.15) is 32.3 Å². The third-order valence-corrected chi connectivity index (χ3v) is 3.87. The van der Waals surface area contributed by atoms with Crippen molar-refractivity contribution in [3.63, 3.8) is 0 Å². The van der Waals surface area contributed by atoms with Crippen molar-refractivity contribution in [1.82, 2.24) is 14.9 Å². The summed E-state index contributed by atoms with van der Waals surface area (Å²) in [6, 6.07) is 0. The Balaban J connectivity index is 2.18. The third kappa shape index (κ3) is 3.83. The van der Waals surface area contributed by atoms with Crippen LogP contribution in [0.4, 0.5) is 11.6 Å². The molecule has 2 N–H and O–H groups in total. The van der Waals surface area contributed by atoms with Crippen molar-refractivity contribution in [3.05, 3.63) is 11.9 Å². The molecule has 1 aromatic heterocycles. The lowest BCUT2D eigenvalue weighted by atomic mass is 10.0. The molecule has 0 spiro atoms. The van der Waals surface area contributed by atoms with Crippen LogP contribution in [-0.4, -0.2) is 65.8 Å². The second-order valence-electron chi connectivity index (χ2n) is 5.70. The molecule has 0 saturated carbocycles. The van der Waals surface area contributed by atoms with Gasteiger partial charge in [-0.15, -0.1) is 0 Å². The van der Waals surface area contributed by atoms with Gasteiger partial charge < -0.3 is 15.3 Å². The molecule has 118 valence electrons. The zero-order valence-electron chi connectivity index (χ0n) is 13.3. The summed E-state index contributed by atoms with van der Waals surface area (Å²) < 4.78 is 0. The van der Waals surface area contributed by atoms with Gasteiger partial charge in [0.15, 0.2) is 0 Å². The standard InChI is InChI=1S/C15H27N5O/c1-4-16-14-13(12(2)3)15(18-11-17-14)20-7-5-19(6-8-20)9-10-21/h11-12,21H,4-10H2,1-3H3,(H,16,17,18). The van der Waals surface area contributed by atoms with E-state index < -0.39 is 0 Å². The lowest BCUT2D eigenvalue weighted by Crippen LogP contribution is -2.47. The smallest absolute Gasteiger partial charge is 0.137 e. The number of rotatable bonds is 6. The number of hydrogen-bond donors (Lipinski definition) is 2. The molecule has 6 nitrogen and oxygen atoms in total. The van der Waals surface area contributed by atoms with Crippen LogP contribution >= 0.6 is 0 Å². The van der Waals surface area contributed by atoms with Crippen LogP contribution in [0.25, 0.3) is 0 Å². The second kappa shape index (κ2) is 7.56. The van der Waals surface area contributed by atoms with Gasteiger partial charge in [-0.25, -0.2) is 9.97 Å². The van der Waals surface area contributed by atoms with Crippen molar-refractivity contribution in [3.8, 4) is 0 Å². The highest BCUT2D eigenvalue weighted by Gasteiger charge is 2.23. The van der Waals surface area contributed by atoms with E-state index in [2.05, 4.69) is 45.9 Å². The van der Waals surface area contributed by atoms with Crippen LogP contribution in [0.2, 0.25) is 0 Å². The number of hydrogen-bond acceptors (Lipinski definition) is 6. The number of aliphatic hydroxyl groups is 1. The molecule has 1 aromatic rings. The first kappa shape index (κ1) is 16.0. The number of anilines is 2. The van der Waals surface area contributed by atoms with Crippen LogP contribution in [0.3, 0.4) is 0 Å². The van der Waals surface area contributed by atoms with Crippen LogP contribution in [0, 0.1) is 0 Å². The number of nitrogens with zero attached hydrogens (tertiary/aromatic N) is 4. The van der Waals surface area contributed by atoms with Gasteiger partial charge in [0.25, 0.3) is 0 Å². The van der Waals surface area contributed by atoms with Crippen LogP contribution in [-0.2, 0) is 0 Å². The Morgan fingerprint density at radius 1 is 1.24 bits per heavy atom. The van der Waals surface area contributed by atoms with Gasteiger partial charge in [-0.05, 0) is 12.8 Å². The fourth-order valence-electron chi connectivity index (χ4n) is 2.80. The topological polar surface area (TPSA) is 64.5 Å². The number of piperazine rings is 1. The molecular weight excluding hydrogens is 266 g/mol. The molecule has 1 aliphatic heterocycles. The highest BCUT2D eigenvalue weighted by molar-refractivity contribution is 5.60. The highest BCUT2D eigenvalue weighted by atomic mass is 16.3. The summed E-state index contributed by atoms with van der Waals surface area (Å²) in [7, 11) is 0. The van der Waals surface area contributed by atoms with Gasteiger partial charge >= 0.3 is 0 Å². The number of nitrogens with one attached hydrogen (secondary N) is 1. The molecule has 0 aliphatic carbocycles. The lowest BCUT2D eigenvalue weighted by Gasteiger charge is -2.36. The van der Waals surface area contributed by atoms with Crippen LogP contribution < -0.4 is 10.2 Å². The van der Waals surface area contributed by atoms with Crippen molar-refractivity contribution < 1.29 is 5.11 Å². The molecule has 21 heavy (non-hydrogen) atoms. The van der Waals surface area contributed by atoms with Crippen molar-refractivity contribution in [2.75, 3.05) is 56.1 Å². The number of β-amino-alcohol motifs (C(OH)–C–C–N with tert-alkyl or cyclic N) is 1. The van der Waals surface area contributed by atoms with Gasteiger partial charge in [0.1, 0.15) is 18.0 Å². The number of aromatic nitrogens is 2. The predicted octanol–water partition coefficient (Wildman–Crippen LogP) is 1.15. The molecule has 0 radical (unpaired) electrons. The molecule has 0 unspecified atom stereocenters. The van der Waals surface area contributed by atoms with E-state index in [4.69, 9.17) is 5.11 Å². The van der Waals surface area contributed by atoms with Crippen LogP contribution in [0.15, 0.2) is 6.33 Å². The Morgan fingerprint density at radius 2 is 1.95 bits per heavy atom. The normalized spacial score (nSPS) is 16.5. The minimum atomic E-state index is 0.231. The van der Waals surface area contributed by atoms with E-state index >= 15 is 0 Å². The predicted molar refractivity (Wildman–Crippen MR) is 86.0 cm³/mol. The molecule has 0 amide bonds. The summed E-state index contributed by atoms with van der Waals surface area (Å²) in [4.78, 5) is 13.6. The van der Waals surface area contributed by atoms with E-state index in [9.17, 15) is 0 Å². The Kier molecular flexibility index (Phi) is 5.76. The zero-order valence-corrected chi connectivity index (χ0v) is 13.3. The average Bonchev–Trinajstić information content (AvgIpc) is 2.48. The summed E-state index contributed by atoms with van der Waals surface area (Å²) in [6.45, 7) is 12.1. The van der Waals surface area contributed by atoms with E-state index in [-0.39, 0.29) is 6.61 Å². The molecule has 2 heterocycles. The average molecular weight is 293 g/mol. The fourth-order valence-corrected chi connectivity index (χ4v) is 2.80. The van der Waals surface area contributed by atoms with Gasteiger partial charge in [-0.3, -0.25) is 4.90 Å². The van der Waals surface area contributed by atoms with Gasteiger partial charge in [-0.2, -0.15) is 0 Å². The lowest BCUT2D eigenvalue weighted by molar-refractivity contribution is 0.188. The van der Waals surface area contributed by atoms with E-state index in [1.165, 1.54) is 5.56 Å². The Bertz CT molecular complexity index is 444. The van der Waals surface area contributed by atoms with E-state index in [0.29, 0.717) is 5.92 Å². The van der Waals surface area contributed by atoms with Gasteiger partial charge in [0, 0.05) is 44.8 Å². The van der Waals surface area contributed by atoms with Crippen molar-refractivity contribution >= 4 is 11.6 Å². The van der Waals surface area contributed by atoms with Gasteiger partial charge in [-0.1, -0.05) is 13.8 Å². The Labute approximate surface area is 127 Å². The SMILES string of the molecule is CCNc1ncnc(N2CCN(CCO)CC2)c1C(C)C. The monoisotopic (exact) mass is 293 g/mol. The van der Waals surface area contributed by atoms with E-state index in [1.807, 2.05) is 0 Å². The van der Waals surface area contributed by atoms with Gasteiger partial charge in [0.05, 0.1) is 6.61 Å². The number of aliphatic hydroxyl groups excluding tert-OH is 1. The maximum atomic E-state index is 9.03. The highest BCUT2D eigenvalue weighted by Crippen LogP contribution is 2.31. The molecule has 0 bridgehead atoms. The van der Waals surface area contributed by atoms with E-state index in [1.54, 1.807) is 6.33 Å². The van der Waals surface area contributed by atoms with E-state index in [0.717, 1.165) is 50.9 Å². The molecule has 0 atom stereocenters. The minimum absolute atomic E-state index is 0.231. The quantitative estimate of drug-likeness (QED) is 0.820. The molecule has 1 saturated heterocycles. The van der Waals surface area contributed by atoms with Crippen molar-refractivity contribution in [1.29, 1.82) is 0 Å². The Morgan fingerprint density at radius 3 is 2.52 bits per heavy atom. The fraction of sp³-hybridized carbons (Fsp3) is 0.733. The molecular formula is C15H27N5O. The Hall–Kier alpha value is -1.40. The summed E-state index contributed by atoms with van der Waals surface area (Å²) in [5, 5.41) is 12.4. The van der Waals surface area contributed by atoms with Crippen molar-refractivity contribution in [2.45, 2.75) is 26.7 Å². The molecule has 6 heteroatoms. The molecule has 2 rings (SSSR count). The summed E-state index contributed by atoms with van der Waals surface area (Å²) in [5.74, 6) is 2.39. The molecule has 1 fully saturated rings. The summed E-state index contributed by atoms with van der Waals surface area (Å²) >= 11 is 0. The first-order chi connectivity index (χ1) is 10.2. The molecule has 0 aromatic carbocycles. The van der Waals surface area contributed by atoms with Crippen molar-refractivity contribution in [2.24, 2.45) is 0 Å². The van der Waals surface area contributed by atoms with Gasteiger partial charge in [0.2, 0.25) is 0 Å². The third-order valence-electron chi connectivity index (χ3n) is 3.87. The maximum Gasteiger partial charge on any atom is 0.137 e. The summed E-state index contributed by atoms with van der Waals surface area (Å²) in [5.41, 5.74) is 1.20. The first-order valence-electron chi connectivity index (χ1n) is 7.84. The first-order valence-corrected chi connectivity index (χ1v) is 7.84.